The predicted molar refractivity (Wildman–Crippen MR) is 144 cm³/mol. The first-order valence-corrected chi connectivity index (χ1v) is 12.6. The normalized spacial score (nSPS) is 11.1. The summed E-state index contributed by atoms with van der Waals surface area (Å²) in [5.74, 6) is 1.20. The van der Waals surface area contributed by atoms with Crippen molar-refractivity contribution in [3.63, 3.8) is 0 Å². The first kappa shape index (κ1) is 25.4. The fourth-order valence-electron chi connectivity index (χ4n) is 4.25. The smallest absolute Gasteiger partial charge is 0.210 e. The zero-order valence-corrected chi connectivity index (χ0v) is 22.0. The zero-order valence-electron chi connectivity index (χ0n) is 21.2. The highest BCUT2D eigenvalue weighted by atomic mass is 32.1. The van der Waals surface area contributed by atoms with Crippen LogP contribution in [0.2, 0.25) is 0 Å². The predicted octanol–water partition coefficient (Wildman–Crippen LogP) is 6.68. The Hall–Kier alpha value is -4.25. The van der Waals surface area contributed by atoms with Crippen molar-refractivity contribution in [2.45, 2.75) is 19.9 Å². The van der Waals surface area contributed by atoms with Gasteiger partial charge in [0, 0.05) is 23.7 Å². The number of nitrogens with zero attached hydrogens (tertiary/aromatic N) is 4. The molecule has 0 atom stereocenters. The highest BCUT2D eigenvalue weighted by molar-refractivity contribution is 7.18. The lowest BCUT2D eigenvalue weighted by molar-refractivity contribution is 0.324. The summed E-state index contributed by atoms with van der Waals surface area (Å²) in [6.45, 7) is 2.64. The number of benzene rings is 3. The molecule has 0 radical (unpaired) electrons. The van der Waals surface area contributed by atoms with E-state index in [1.54, 1.807) is 30.3 Å². The standard InChI is InChI=1S/C27H25F2N5O3S/c1-5-9-34-21-13-18(29)19(14-20(21)30-25(34)15-7-6-8-17(28)10-15)31-27-33-32-26(38-27)16-11-22(35-2)24(37-4)23(12-16)36-3/h6-8,10-14H,5,9H2,1-4H3,(H,31,33). The summed E-state index contributed by atoms with van der Waals surface area (Å²) in [4.78, 5) is 4.71. The van der Waals surface area contributed by atoms with Gasteiger partial charge in [0.15, 0.2) is 11.5 Å². The van der Waals surface area contributed by atoms with E-state index in [0.717, 1.165) is 6.42 Å². The molecule has 2 aromatic heterocycles. The van der Waals surface area contributed by atoms with Crippen molar-refractivity contribution < 1.29 is 23.0 Å². The number of ether oxygens (including phenoxy) is 3. The topological polar surface area (TPSA) is 83.3 Å². The maximum atomic E-state index is 15.3. The number of aryl methyl sites for hydroxylation is 1. The Balaban J connectivity index is 1.49. The Morgan fingerprint density at radius 2 is 1.68 bits per heavy atom. The zero-order chi connectivity index (χ0) is 26.8. The Labute approximate surface area is 221 Å². The number of fused-ring (bicyclic) bond motifs is 1. The van der Waals surface area contributed by atoms with Crippen LogP contribution < -0.4 is 19.5 Å². The Morgan fingerprint density at radius 3 is 2.34 bits per heavy atom. The minimum absolute atomic E-state index is 0.206. The number of anilines is 2. The highest BCUT2D eigenvalue weighted by Gasteiger charge is 2.19. The molecule has 5 rings (SSSR count). The summed E-state index contributed by atoms with van der Waals surface area (Å²) in [5, 5.41) is 12.4. The van der Waals surface area contributed by atoms with Crippen LogP contribution in [0.25, 0.3) is 33.0 Å². The number of halogens is 2. The molecule has 38 heavy (non-hydrogen) atoms. The van der Waals surface area contributed by atoms with Crippen LogP contribution in [0.5, 0.6) is 17.2 Å². The summed E-state index contributed by atoms with van der Waals surface area (Å²) in [6.07, 6.45) is 0.809. The molecule has 0 amide bonds. The van der Waals surface area contributed by atoms with Crippen LogP contribution in [0.1, 0.15) is 13.3 Å². The molecule has 5 aromatic rings. The molecule has 0 aliphatic rings. The number of hydrogen-bond acceptors (Lipinski definition) is 8. The molecule has 0 saturated carbocycles. The molecule has 0 aliphatic heterocycles. The van der Waals surface area contributed by atoms with Crippen LogP contribution in [0.4, 0.5) is 19.6 Å². The second-order valence-electron chi connectivity index (χ2n) is 8.37. The van der Waals surface area contributed by atoms with E-state index in [1.165, 1.54) is 50.9 Å². The molecule has 0 bridgehead atoms. The summed E-state index contributed by atoms with van der Waals surface area (Å²) in [7, 11) is 4.61. The van der Waals surface area contributed by atoms with Crippen LogP contribution in [-0.4, -0.2) is 41.1 Å². The number of hydrogen-bond donors (Lipinski definition) is 1. The van der Waals surface area contributed by atoms with Gasteiger partial charge in [0.25, 0.3) is 0 Å². The maximum absolute atomic E-state index is 15.3. The Bertz CT molecular complexity index is 1590. The van der Waals surface area contributed by atoms with Gasteiger partial charge in [-0.1, -0.05) is 30.4 Å². The van der Waals surface area contributed by atoms with E-state index in [9.17, 15) is 4.39 Å². The SMILES string of the molecule is CCCn1c(-c2cccc(F)c2)nc2cc(Nc3nnc(-c4cc(OC)c(OC)c(OC)c4)s3)c(F)cc21. The average Bonchev–Trinajstić information content (AvgIpc) is 3.53. The van der Waals surface area contributed by atoms with Crippen molar-refractivity contribution in [1.82, 2.24) is 19.7 Å². The van der Waals surface area contributed by atoms with Gasteiger partial charge in [-0.05, 0) is 36.8 Å². The highest BCUT2D eigenvalue weighted by Crippen LogP contribution is 2.42. The van der Waals surface area contributed by atoms with Crippen molar-refractivity contribution in [1.29, 1.82) is 0 Å². The van der Waals surface area contributed by atoms with Gasteiger partial charge >= 0.3 is 0 Å². The van der Waals surface area contributed by atoms with Gasteiger partial charge in [0.1, 0.15) is 22.5 Å². The van der Waals surface area contributed by atoms with Crippen LogP contribution in [0, 0.1) is 11.6 Å². The van der Waals surface area contributed by atoms with E-state index in [2.05, 4.69) is 15.5 Å². The molecule has 0 spiro atoms. The number of nitrogens with one attached hydrogen (secondary N) is 1. The van der Waals surface area contributed by atoms with Crippen molar-refractivity contribution in [2.24, 2.45) is 0 Å². The van der Waals surface area contributed by atoms with Gasteiger partial charge in [-0.2, -0.15) is 0 Å². The average molecular weight is 538 g/mol. The van der Waals surface area contributed by atoms with Gasteiger partial charge < -0.3 is 24.1 Å². The van der Waals surface area contributed by atoms with Gasteiger partial charge in [-0.25, -0.2) is 13.8 Å². The molecule has 8 nitrogen and oxygen atoms in total. The van der Waals surface area contributed by atoms with Crippen molar-refractivity contribution in [3.05, 3.63) is 60.2 Å². The third-order valence-corrected chi connectivity index (χ3v) is 6.83. The summed E-state index contributed by atoms with van der Waals surface area (Å²) < 4.78 is 47.3. The van der Waals surface area contributed by atoms with E-state index in [1.807, 2.05) is 11.5 Å². The van der Waals surface area contributed by atoms with E-state index < -0.39 is 5.82 Å². The quantitative estimate of drug-likeness (QED) is 0.225. The maximum Gasteiger partial charge on any atom is 0.210 e. The van der Waals surface area contributed by atoms with Crippen molar-refractivity contribution in [3.8, 4) is 39.2 Å². The summed E-state index contributed by atoms with van der Waals surface area (Å²) in [5.41, 5.74) is 2.75. The molecule has 196 valence electrons. The van der Waals surface area contributed by atoms with Gasteiger partial charge in [-0.15, -0.1) is 10.2 Å². The summed E-state index contributed by atoms with van der Waals surface area (Å²) in [6, 6.07) is 12.8. The molecule has 0 saturated heterocycles. The molecular formula is C27H25F2N5O3S. The molecular weight excluding hydrogens is 512 g/mol. The van der Waals surface area contributed by atoms with Gasteiger partial charge in [-0.3, -0.25) is 0 Å². The first-order chi connectivity index (χ1) is 18.4. The Morgan fingerprint density at radius 1 is 0.921 bits per heavy atom. The first-order valence-electron chi connectivity index (χ1n) is 11.8. The minimum Gasteiger partial charge on any atom is -0.493 e. The second kappa shape index (κ2) is 10.6. The largest absolute Gasteiger partial charge is 0.493 e. The second-order valence-corrected chi connectivity index (χ2v) is 9.35. The van der Waals surface area contributed by atoms with E-state index in [0.29, 0.717) is 61.9 Å². The number of imidazole rings is 1. The van der Waals surface area contributed by atoms with Crippen LogP contribution in [0.15, 0.2) is 48.5 Å². The lowest BCUT2D eigenvalue weighted by atomic mass is 10.2. The Kier molecular flexibility index (Phi) is 7.10. The number of rotatable bonds is 9. The van der Waals surface area contributed by atoms with E-state index >= 15 is 4.39 Å². The van der Waals surface area contributed by atoms with E-state index in [4.69, 9.17) is 19.2 Å². The fourth-order valence-corrected chi connectivity index (χ4v) is 4.99. The van der Waals surface area contributed by atoms with Gasteiger partial charge in [0.2, 0.25) is 10.9 Å². The molecule has 2 heterocycles. The minimum atomic E-state index is -0.468. The lowest BCUT2D eigenvalue weighted by Crippen LogP contribution is -2.00. The molecule has 0 aliphatic carbocycles. The monoisotopic (exact) mass is 537 g/mol. The third kappa shape index (κ3) is 4.72. The molecule has 1 N–H and O–H groups in total. The number of aromatic nitrogens is 4. The van der Waals surface area contributed by atoms with Crippen molar-refractivity contribution in [2.75, 3.05) is 26.6 Å². The molecule has 0 unspecified atom stereocenters. The van der Waals surface area contributed by atoms with E-state index in [-0.39, 0.29) is 11.5 Å². The third-order valence-electron chi connectivity index (χ3n) is 5.95. The lowest BCUT2D eigenvalue weighted by Gasteiger charge is -2.13. The van der Waals surface area contributed by atoms with Crippen LogP contribution in [-0.2, 0) is 6.54 Å². The molecule has 0 fully saturated rings. The van der Waals surface area contributed by atoms with Crippen LogP contribution in [0.3, 0.4) is 0 Å². The van der Waals surface area contributed by atoms with Gasteiger partial charge in [0.05, 0.1) is 38.1 Å². The fraction of sp³-hybridized carbons (Fsp3) is 0.222. The van der Waals surface area contributed by atoms with Crippen LogP contribution >= 0.6 is 11.3 Å². The van der Waals surface area contributed by atoms with Crippen molar-refractivity contribution >= 4 is 33.2 Å². The molecule has 3 aromatic carbocycles. The molecule has 11 heteroatoms. The summed E-state index contributed by atoms with van der Waals surface area (Å²) >= 11 is 1.24. The number of methoxy groups -OCH3 is 3.